The molecular formula is C12H22N2O. The molecule has 0 heterocycles. The lowest BCUT2D eigenvalue weighted by Gasteiger charge is -2.27. The summed E-state index contributed by atoms with van der Waals surface area (Å²) in [6.45, 7) is 4.25. The number of carbonyl (C=O) groups excluding carboxylic acids is 1. The van der Waals surface area contributed by atoms with Crippen LogP contribution in [-0.4, -0.2) is 17.6 Å². The summed E-state index contributed by atoms with van der Waals surface area (Å²) in [6.07, 6.45) is 7.34. The fourth-order valence-corrected chi connectivity index (χ4v) is 2.49. The highest BCUT2D eigenvalue weighted by Gasteiger charge is 2.38. The van der Waals surface area contributed by atoms with E-state index in [-0.39, 0.29) is 11.6 Å². The Bertz CT molecular complexity index is 240. The normalized spacial score (nSPS) is 22.8. The van der Waals surface area contributed by atoms with Gasteiger partial charge in [0.2, 0.25) is 0 Å². The van der Waals surface area contributed by atoms with E-state index in [4.69, 9.17) is 0 Å². The van der Waals surface area contributed by atoms with E-state index < -0.39 is 0 Å². The Balaban J connectivity index is 1.75. The Morgan fingerprint density at radius 1 is 1.13 bits per heavy atom. The second-order valence-electron chi connectivity index (χ2n) is 5.58. The molecule has 0 radical (unpaired) electrons. The maximum absolute atomic E-state index is 11.7. The summed E-state index contributed by atoms with van der Waals surface area (Å²) < 4.78 is 0. The Hall–Kier alpha value is -0.730. The molecule has 0 aromatic heterocycles. The molecule has 0 unspecified atom stereocenters. The molecule has 3 heteroatoms. The standard InChI is InChI=1S/C12H22N2O/c1-12(2,9-7-8-9)14-11(15)13-10-5-3-4-6-10/h9-10H,3-8H2,1-2H3,(H2,13,14,15). The summed E-state index contributed by atoms with van der Waals surface area (Å²) in [4.78, 5) is 11.7. The predicted octanol–water partition coefficient (Wildman–Crippen LogP) is 2.42. The van der Waals surface area contributed by atoms with Crippen LogP contribution in [0, 0.1) is 5.92 Å². The Kier molecular flexibility index (Phi) is 2.89. The van der Waals surface area contributed by atoms with E-state index in [1.165, 1.54) is 25.7 Å². The van der Waals surface area contributed by atoms with Crippen LogP contribution in [0.15, 0.2) is 0 Å². The van der Waals surface area contributed by atoms with E-state index in [0.717, 1.165) is 12.8 Å². The van der Waals surface area contributed by atoms with Crippen molar-refractivity contribution in [3.05, 3.63) is 0 Å². The largest absolute Gasteiger partial charge is 0.335 e. The van der Waals surface area contributed by atoms with Crippen molar-refractivity contribution in [3.8, 4) is 0 Å². The van der Waals surface area contributed by atoms with E-state index >= 15 is 0 Å². The summed E-state index contributed by atoms with van der Waals surface area (Å²) >= 11 is 0. The van der Waals surface area contributed by atoms with Gasteiger partial charge in [0, 0.05) is 11.6 Å². The van der Waals surface area contributed by atoms with Crippen molar-refractivity contribution in [1.29, 1.82) is 0 Å². The van der Waals surface area contributed by atoms with Crippen molar-refractivity contribution in [1.82, 2.24) is 10.6 Å². The van der Waals surface area contributed by atoms with Gasteiger partial charge in [-0.15, -0.1) is 0 Å². The smallest absolute Gasteiger partial charge is 0.315 e. The molecule has 2 N–H and O–H groups in total. The number of amides is 2. The molecular weight excluding hydrogens is 188 g/mol. The maximum Gasteiger partial charge on any atom is 0.315 e. The van der Waals surface area contributed by atoms with Crippen molar-refractivity contribution in [2.45, 2.75) is 64.0 Å². The number of hydrogen-bond donors (Lipinski definition) is 2. The molecule has 86 valence electrons. The second kappa shape index (κ2) is 4.03. The lowest BCUT2D eigenvalue weighted by atomic mass is 9.99. The summed E-state index contributed by atoms with van der Waals surface area (Å²) in [5.74, 6) is 0.687. The third kappa shape index (κ3) is 2.86. The molecule has 15 heavy (non-hydrogen) atoms. The van der Waals surface area contributed by atoms with Crippen LogP contribution in [0.25, 0.3) is 0 Å². The van der Waals surface area contributed by atoms with Gasteiger partial charge in [-0.25, -0.2) is 4.79 Å². The summed E-state index contributed by atoms with van der Waals surface area (Å²) in [5, 5.41) is 6.16. The Labute approximate surface area is 92.0 Å². The number of carbonyl (C=O) groups is 1. The van der Waals surface area contributed by atoms with Crippen LogP contribution >= 0.6 is 0 Å². The quantitative estimate of drug-likeness (QED) is 0.738. The highest BCUT2D eigenvalue weighted by Crippen LogP contribution is 2.39. The van der Waals surface area contributed by atoms with Gasteiger partial charge in [-0.3, -0.25) is 0 Å². The van der Waals surface area contributed by atoms with Gasteiger partial charge in [0.1, 0.15) is 0 Å². The molecule has 2 aliphatic carbocycles. The fourth-order valence-electron chi connectivity index (χ4n) is 2.49. The first-order valence-corrected chi connectivity index (χ1v) is 6.16. The molecule has 2 aliphatic rings. The molecule has 3 nitrogen and oxygen atoms in total. The molecule has 0 spiro atoms. The molecule has 0 bridgehead atoms. The van der Waals surface area contributed by atoms with E-state index in [1.54, 1.807) is 0 Å². The fraction of sp³-hybridized carbons (Fsp3) is 0.917. The van der Waals surface area contributed by atoms with Gasteiger partial charge in [0.15, 0.2) is 0 Å². The van der Waals surface area contributed by atoms with Gasteiger partial charge in [-0.05, 0) is 45.4 Å². The van der Waals surface area contributed by atoms with Crippen LogP contribution in [0.2, 0.25) is 0 Å². The summed E-state index contributed by atoms with van der Waals surface area (Å²) in [5.41, 5.74) is -0.0251. The molecule has 2 rings (SSSR count). The molecule has 2 fully saturated rings. The first kappa shape index (κ1) is 10.8. The van der Waals surface area contributed by atoms with E-state index in [2.05, 4.69) is 24.5 Å². The molecule has 2 saturated carbocycles. The zero-order chi connectivity index (χ0) is 10.9. The van der Waals surface area contributed by atoms with Crippen LogP contribution in [0.5, 0.6) is 0 Å². The number of rotatable bonds is 3. The number of hydrogen-bond acceptors (Lipinski definition) is 1. The van der Waals surface area contributed by atoms with Crippen molar-refractivity contribution in [2.75, 3.05) is 0 Å². The molecule has 0 atom stereocenters. The molecule has 0 aromatic rings. The highest BCUT2D eigenvalue weighted by atomic mass is 16.2. The van der Waals surface area contributed by atoms with Gasteiger partial charge in [0.05, 0.1) is 0 Å². The van der Waals surface area contributed by atoms with Crippen LogP contribution < -0.4 is 10.6 Å². The molecule has 2 amide bonds. The van der Waals surface area contributed by atoms with Crippen molar-refractivity contribution >= 4 is 6.03 Å². The van der Waals surface area contributed by atoms with Gasteiger partial charge < -0.3 is 10.6 Å². The molecule has 0 aliphatic heterocycles. The Morgan fingerprint density at radius 2 is 1.73 bits per heavy atom. The first-order valence-electron chi connectivity index (χ1n) is 6.16. The minimum Gasteiger partial charge on any atom is -0.335 e. The third-order valence-corrected chi connectivity index (χ3v) is 3.72. The monoisotopic (exact) mass is 210 g/mol. The zero-order valence-corrected chi connectivity index (χ0v) is 9.81. The highest BCUT2D eigenvalue weighted by molar-refractivity contribution is 5.75. The van der Waals surface area contributed by atoms with E-state index in [9.17, 15) is 4.79 Å². The SMILES string of the molecule is CC(C)(NC(=O)NC1CCCC1)C1CC1. The number of nitrogens with one attached hydrogen (secondary N) is 2. The van der Waals surface area contributed by atoms with Gasteiger partial charge >= 0.3 is 6.03 Å². The minimum atomic E-state index is -0.0251. The zero-order valence-electron chi connectivity index (χ0n) is 9.81. The third-order valence-electron chi connectivity index (χ3n) is 3.72. The lowest BCUT2D eigenvalue weighted by molar-refractivity contribution is 0.222. The molecule has 0 saturated heterocycles. The summed E-state index contributed by atoms with van der Waals surface area (Å²) in [6, 6.07) is 0.443. The Morgan fingerprint density at radius 3 is 2.27 bits per heavy atom. The van der Waals surface area contributed by atoms with Crippen LogP contribution in [0.4, 0.5) is 4.79 Å². The topological polar surface area (TPSA) is 41.1 Å². The first-order chi connectivity index (χ1) is 7.08. The van der Waals surface area contributed by atoms with Gasteiger partial charge in [-0.2, -0.15) is 0 Å². The molecule has 0 aromatic carbocycles. The second-order valence-corrected chi connectivity index (χ2v) is 5.58. The van der Waals surface area contributed by atoms with E-state index in [1.807, 2.05) is 0 Å². The number of urea groups is 1. The summed E-state index contributed by atoms with van der Waals surface area (Å²) in [7, 11) is 0. The van der Waals surface area contributed by atoms with Crippen LogP contribution in [-0.2, 0) is 0 Å². The van der Waals surface area contributed by atoms with Crippen LogP contribution in [0.1, 0.15) is 52.4 Å². The van der Waals surface area contributed by atoms with Crippen molar-refractivity contribution in [2.24, 2.45) is 5.92 Å². The van der Waals surface area contributed by atoms with E-state index in [0.29, 0.717) is 12.0 Å². The average Bonchev–Trinajstić information content (AvgIpc) is 2.88. The lowest BCUT2D eigenvalue weighted by Crippen LogP contribution is -2.51. The average molecular weight is 210 g/mol. The maximum atomic E-state index is 11.7. The van der Waals surface area contributed by atoms with Gasteiger partial charge in [-0.1, -0.05) is 12.8 Å². The predicted molar refractivity (Wildman–Crippen MR) is 60.7 cm³/mol. The minimum absolute atomic E-state index is 0.0251. The van der Waals surface area contributed by atoms with Crippen molar-refractivity contribution in [3.63, 3.8) is 0 Å². The van der Waals surface area contributed by atoms with Crippen molar-refractivity contribution < 1.29 is 4.79 Å². The van der Waals surface area contributed by atoms with Gasteiger partial charge in [0.25, 0.3) is 0 Å². The van der Waals surface area contributed by atoms with Crippen LogP contribution in [0.3, 0.4) is 0 Å².